The van der Waals surface area contributed by atoms with Crippen LogP contribution in [0.2, 0.25) is 0 Å². The van der Waals surface area contributed by atoms with Gasteiger partial charge in [-0.25, -0.2) is 14.6 Å². The number of carboxylic acid groups (broad SMARTS) is 2. The molecule has 1 aromatic rings. The largest absolute Gasteiger partial charge is 0.479 e. The number of carboxylic acids is 2. The van der Waals surface area contributed by atoms with Gasteiger partial charge in [-0.15, -0.1) is 11.3 Å². The lowest BCUT2D eigenvalue weighted by Crippen LogP contribution is -2.44. The molecule has 29 heavy (non-hydrogen) atoms. The van der Waals surface area contributed by atoms with E-state index in [0.29, 0.717) is 0 Å². The third-order valence-electron chi connectivity index (χ3n) is 4.58. The van der Waals surface area contributed by atoms with Crippen LogP contribution in [-0.2, 0) is 16.1 Å². The fourth-order valence-corrected chi connectivity index (χ4v) is 4.12. The molecule has 2 atom stereocenters. The van der Waals surface area contributed by atoms with Crippen molar-refractivity contribution in [2.45, 2.75) is 65.3 Å². The van der Waals surface area contributed by atoms with Crippen molar-refractivity contribution in [3.8, 4) is 0 Å². The minimum absolute atomic E-state index is 0.726. The van der Waals surface area contributed by atoms with E-state index >= 15 is 0 Å². The molecule has 2 rings (SSSR count). The third kappa shape index (κ3) is 8.75. The van der Waals surface area contributed by atoms with E-state index in [1.807, 2.05) is 11.3 Å². The highest BCUT2D eigenvalue weighted by molar-refractivity contribution is 7.11. The summed E-state index contributed by atoms with van der Waals surface area (Å²) in [4.78, 5) is 28.3. The number of nitrogens with one attached hydrogen (secondary N) is 1. The fourth-order valence-electron chi connectivity index (χ4n) is 3.16. The van der Waals surface area contributed by atoms with Gasteiger partial charge in [-0.3, -0.25) is 4.90 Å². The molecule has 1 saturated heterocycles. The maximum Gasteiger partial charge on any atom is 0.335 e. The molecule has 166 valence electrons. The molecule has 0 saturated carbocycles. The van der Waals surface area contributed by atoms with Gasteiger partial charge in [-0.1, -0.05) is 13.8 Å². The van der Waals surface area contributed by atoms with Gasteiger partial charge in [0.15, 0.2) is 12.2 Å². The molecule has 0 radical (unpaired) electrons. The number of hydrogen-bond acceptors (Lipinski definition) is 8. The van der Waals surface area contributed by atoms with Crippen molar-refractivity contribution in [2.75, 3.05) is 19.6 Å². The Morgan fingerprint density at radius 3 is 2.03 bits per heavy atom. The average molecular weight is 432 g/mol. The number of hydrogen-bond donors (Lipinski definition) is 5. The molecule has 2 unspecified atom stereocenters. The first-order valence-electron chi connectivity index (χ1n) is 9.72. The quantitative estimate of drug-likeness (QED) is 0.404. The van der Waals surface area contributed by atoms with E-state index in [9.17, 15) is 9.59 Å². The number of nitrogens with zero attached hydrogens (tertiary/aromatic N) is 2. The van der Waals surface area contributed by atoms with Gasteiger partial charge in [0.2, 0.25) is 0 Å². The van der Waals surface area contributed by atoms with Crippen LogP contribution in [0, 0.1) is 19.8 Å². The van der Waals surface area contributed by atoms with Crippen molar-refractivity contribution in [3.63, 3.8) is 0 Å². The summed E-state index contributed by atoms with van der Waals surface area (Å²) < 4.78 is 0. The van der Waals surface area contributed by atoms with Crippen molar-refractivity contribution in [2.24, 2.45) is 5.92 Å². The first-order valence-corrected chi connectivity index (χ1v) is 10.5. The van der Waals surface area contributed by atoms with E-state index in [1.165, 1.54) is 48.1 Å². The number of carbonyl (C=O) groups is 2. The van der Waals surface area contributed by atoms with E-state index in [1.54, 1.807) is 0 Å². The molecule has 0 spiro atoms. The topological polar surface area (TPSA) is 143 Å². The van der Waals surface area contributed by atoms with Crippen molar-refractivity contribution in [1.29, 1.82) is 0 Å². The van der Waals surface area contributed by atoms with Gasteiger partial charge in [-0.05, 0) is 45.7 Å². The fraction of sp³-hybridized carbons (Fsp3) is 0.737. The zero-order valence-electron chi connectivity index (χ0n) is 17.5. The Kier molecular flexibility index (Phi) is 10.7. The molecule has 10 heteroatoms. The van der Waals surface area contributed by atoms with Crippen LogP contribution in [0.5, 0.6) is 0 Å². The van der Waals surface area contributed by atoms with Crippen molar-refractivity contribution in [1.82, 2.24) is 15.2 Å². The molecule has 1 aromatic heterocycles. The Balaban J connectivity index is 0.000000359. The van der Waals surface area contributed by atoms with Crippen LogP contribution >= 0.6 is 11.3 Å². The summed E-state index contributed by atoms with van der Waals surface area (Å²) in [5.74, 6) is -2.81. The molecular formula is C19H33N3O6S. The van der Waals surface area contributed by atoms with Crippen LogP contribution < -0.4 is 5.32 Å². The Labute approximate surface area is 175 Å². The van der Waals surface area contributed by atoms with E-state index in [-0.39, 0.29) is 0 Å². The predicted molar refractivity (Wildman–Crippen MR) is 110 cm³/mol. The molecule has 9 nitrogen and oxygen atoms in total. The van der Waals surface area contributed by atoms with Crippen LogP contribution in [-0.4, -0.2) is 80.1 Å². The summed E-state index contributed by atoms with van der Waals surface area (Å²) in [6, 6.07) is 0.741. The summed E-state index contributed by atoms with van der Waals surface area (Å²) >= 11 is 1.87. The van der Waals surface area contributed by atoms with Gasteiger partial charge >= 0.3 is 11.9 Å². The second kappa shape index (κ2) is 12.2. The Morgan fingerprint density at radius 1 is 1.14 bits per heavy atom. The Hall–Kier alpha value is -1.59. The molecule has 1 aliphatic heterocycles. The minimum Gasteiger partial charge on any atom is -0.479 e. The highest BCUT2D eigenvalue weighted by atomic mass is 32.1. The minimum atomic E-state index is -2.27. The number of aliphatic hydroxyl groups excluding tert-OH is 2. The third-order valence-corrected chi connectivity index (χ3v) is 5.63. The average Bonchev–Trinajstić information content (AvgIpc) is 2.97. The molecule has 1 fully saturated rings. The number of aromatic nitrogens is 1. The molecule has 0 aliphatic carbocycles. The van der Waals surface area contributed by atoms with E-state index in [4.69, 9.17) is 20.4 Å². The van der Waals surface area contributed by atoms with Crippen molar-refractivity contribution in [3.05, 3.63) is 15.6 Å². The molecule has 0 aromatic carbocycles. The highest BCUT2D eigenvalue weighted by Crippen LogP contribution is 2.23. The molecule has 5 N–H and O–H groups in total. The summed E-state index contributed by atoms with van der Waals surface area (Å²) in [5, 5.41) is 37.2. The summed E-state index contributed by atoms with van der Waals surface area (Å²) in [6.07, 6.45) is -1.97. The summed E-state index contributed by atoms with van der Waals surface area (Å²) in [7, 11) is 0. The number of rotatable bonds is 8. The van der Waals surface area contributed by atoms with Crippen LogP contribution in [0.1, 0.15) is 42.3 Å². The maximum absolute atomic E-state index is 9.77. The van der Waals surface area contributed by atoms with Crippen LogP contribution in [0.3, 0.4) is 0 Å². The highest BCUT2D eigenvalue weighted by Gasteiger charge is 2.29. The van der Waals surface area contributed by atoms with Gasteiger partial charge in [0.1, 0.15) is 0 Å². The number of aryl methyl sites for hydroxylation is 2. The molecule has 0 amide bonds. The second-order valence-corrected chi connectivity index (χ2v) is 8.90. The summed E-state index contributed by atoms with van der Waals surface area (Å²) in [5.41, 5.74) is 1.23. The van der Waals surface area contributed by atoms with E-state index in [0.717, 1.165) is 18.5 Å². The van der Waals surface area contributed by atoms with Crippen LogP contribution in [0.4, 0.5) is 0 Å². The molecular weight excluding hydrogens is 398 g/mol. The molecule has 1 aliphatic rings. The van der Waals surface area contributed by atoms with Crippen LogP contribution in [0.15, 0.2) is 0 Å². The first kappa shape index (κ1) is 25.4. The van der Waals surface area contributed by atoms with Crippen molar-refractivity contribution >= 4 is 23.3 Å². The number of aliphatic hydroxyl groups is 2. The van der Waals surface area contributed by atoms with Gasteiger partial charge in [0.25, 0.3) is 0 Å². The monoisotopic (exact) mass is 431 g/mol. The number of thiazole rings is 1. The van der Waals surface area contributed by atoms with Crippen molar-refractivity contribution < 1.29 is 30.0 Å². The van der Waals surface area contributed by atoms with Crippen LogP contribution in [0.25, 0.3) is 0 Å². The Bertz CT molecular complexity index is 642. The molecule has 2 heterocycles. The number of piperidine rings is 1. The standard InChI is InChI=1S/C15H27N3S.C4H6O6/c1-11(2)9-18(14-5-7-16-8-6-14)10-15-12(3)17-13(4)19-15;5-1(3(7)8)2(6)4(9)10/h11,14,16H,5-10H2,1-4H3;1-2,5-6H,(H,7,8)(H,9,10). The van der Waals surface area contributed by atoms with Gasteiger partial charge in [0.05, 0.1) is 10.7 Å². The second-order valence-electron chi connectivity index (χ2n) is 7.61. The maximum atomic E-state index is 9.77. The summed E-state index contributed by atoms with van der Waals surface area (Å²) in [6.45, 7) is 13.5. The lowest BCUT2D eigenvalue weighted by Gasteiger charge is -2.35. The smallest absolute Gasteiger partial charge is 0.335 e. The normalized spacial score (nSPS) is 17.0. The Morgan fingerprint density at radius 2 is 1.66 bits per heavy atom. The number of aliphatic carboxylic acids is 2. The van der Waals surface area contributed by atoms with Gasteiger partial charge in [-0.2, -0.15) is 0 Å². The van der Waals surface area contributed by atoms with E-state index < -0.39 is 24.1 Å². The zero-order chi connectivity index (χ0) is 22.1. The predicted octanol–water partition coefficient (Wildman–Crippen LogP) is 0.847. The van der Waals surface area contributed by atoms with E-state index in [2.05, 4.69) is 42.9 Å². The lowest BCUT2D eigenvalue weighted by molar-refractivity contribution is -0.165. The lowest BCUT2D eigenvalue weighted by atomic mass is 10.0. The molecule has 0 bridgehead atoms. The van der Waals surface area contributed by atoms with Gasteiger partial charge < -0.3 is 25.7 Å². The first-order chi connectivity index (χ1) is 13.5. The van der Waals surface area contributed by atoms with Gasteiger partial charge in [0, 0.05) is 24.0 Å². The zero-order valence-corrected chi connectivity index (χ0v) is 18.3. The SMILES string of the molecule is Cc1nc(C)c(CN(CC(C)C)C2CCNCC2)s1.O=C(O)C(O)C(O)C(=O)O.